The van der Waals surface area contributed by atoms with Gasteiger partial charge in [0.2, 0.25) is 0 Å². The number of halogens is 3. The number of hydrogen-bond donors (Lipinski definition) is 2. The minimum Gasteiger partial charge on any atom is -0.401 e. The van der Waals surface area contributed by atoms with Crippen LogP contribution >= 0.6 is 0 Å². The maximum absolute atomic E-state index is 12.6. The van der Waals surface area contributed by atoms with Crippen molar-refractivity contribution < 1.29 is 13.2 Å². The third kappa shape index (κ3) is 2.77. The Hall–Kier alpha value is -1.46. The molecule has 1 heterocycles. The van der Waals surface area contributed by atoms with Crippen molar-refractivity contribution in [2.45, 2.75) is 25.9 Å². The summed E-state index contributed by atoms with van der Waals surface area (Å²) < 4.78 is 37.7. The fraction of sp³-hybridized carbons (Fsp3) is 0.500. The minimum atomic E-state index is -4.45. The van der Waals surface area contributed by atoms with Crippen molar-refractivity contribution in [3.8, 4) is 0 Å². The molecule has 6 heteroatoms. The van der Waals surface area contributed by atoms with Gasteiger partial charge in [0.15, 0.2) is 0 Å². The molecule has 0 spiro atoms. The van der Waals surface area contributed by atoms with Gasteiger partial charge in [0.25, 0.3) is 0 Å². The summed E-state index contributed by atoms with van der Waals surface area (Å²) in [6.45, 7) is 1.81. The molecule has 0 unspecified atom stereocenters. The van der Waals surface area contributed by atoms with Crippen molar-refractivity contribution in [2.75, 3.05) is 7.05 Å². The lowest BCUT2D eigenvalue weighted by atomic mass is 10.1. The molecular weight excluding hydrogens is 219 g/mol. The number of alkyl halides is 3. The maximum Gasteiger partial charge on any atom is 0.419 e. The van der Waals surface area contributed by atoms with Crippen LogP contribution in [-0.2, 0) is 0 Å². The highest BCUT2D eigenvalue weighted by molar-refractivity contribution is 5.82. The zero-order valence-corrected chi connectivity index (χ0v) is 9.15. The summed E-state index contributed by atoms with van der Waals surface area (Å²) in [5, 5.41) is 2.76. The summed E-state index contributed by atoms with van der Waals surface area (Å²) >= 11 is 0. The van der Waals surface area contributed by atoms with Gasteiger partial charge in [0, 0.05) is 19.0 Å². The van der Waals surface area contributed by atoms with Crippen molar-refractivity contribution in [1.29, 1.82) is 0 Å². The van der Waals surface area contributed by atoms with Crippen LogP contribution in [0.15, 0.2) is 27.7 Å². The average molecular weight is 233 g/mol. The number of nitrogens with one attached hydrogen (secondary N) is 1. The van der Waals surface area contributed by atoms with E-state index in [-0.39, 0.29) is 12.1 Å². The maximum atomic E-state index is 12.6. The van der Waals surface area contributed by atoms with E-state index >= 15 is 0 Å². The predicted octanol–water partition coefficient (Wildman–Crippen LogP) is 2.08. The number of aliphatic imine (C=N–C) groups is 1. The standard InChI is InChI=1S/C10H14F3N3/c1-6-3-4-8(14)7(10(11,12)13)5-16-9(6)15-2/h5,15H,3-4,14H2,1-2H3/b8-7+,9-6?,16-5?. The Kier molecular flexibility index (Phi) is 3.62. The Morgan fingerprint density at radius 1 is 1.38 bits per heavy atom. The molecular formula is C10H14F3N3. The van der Waals surface area contributed by atoms with Gasteiger partial charge in [-0.15, -0.1) is 0 Å². The van der Waals surface area contributed by atoms with E-state index in [9.17, 15) is 13.2 Å². The van der Waals surface area contributed by atoms with Gasteiger partial charge < -0.3 is 11.1 Å². The summed E-state index contributed by atoms with van der Waals surface area (Å²) in [5.74, 6) is 0.467. The van der Waals surface area contributed by atoms with Crippen LogP contribution in [0.3, 0.4) is 0 Å². The van der Waals surface area contributed by atoms with Gasteiger partial charge in [0.05, 0.1) is 5.57 Å². The number of rotatable bonds is 1. The molecule has 16 heavy (non-hydrogen) atoms. The fourth-order valence-electron chi connectivity index (χ4n) is 1.43. The third-order valence-corrected chi connectivity index (χ3v) is 2.38. The van der Waals surface area contributed by atoms with Gasteiger partial charge >= 0.3 is 6.18 Å². The molecule has 0 radical (unpaired) electrons. The van der Waals surface area contributed by atoms with E-state index in [0.29, 0.717) is 12.2 Å². The average Bonchev–Trinajstić information content (AvgIpc) is 2.16. The first-order valence-electron chi connectivity index (χ1n) is 4.83. The lowest BCUT2D eigenvalue weighted by Crippen LogP contribution is -2.21. The molecule has 0 aromatic carbocycles. The molecule has 3 N–H and O–H groups in total. The zero-order chi connectivity index (χ0) is 12.3. The molecule has 1 aliphatic rings. The summed E-state index contributed by atoms with van der Waals surface area (Å²) in [5.41, 5.74) is 5.29. The van der Waals surface area contributed by atoms with E-state index in [1.165, 1.54) is 0 Å². The van der Waals surface area contributed by atoms with Gasteiger partial charge in [-0.2, -0.15) is 13.2 Å². The molecule has 0 atom stereocenters. The Bertz CT molecular complexity index is 364. The SMILES string of the molecule is CNC1=C(C)CC/C(N)=C(\C(F)(F)F)C=N1. The lowest BCUT2D eigenvalue weighted by Gasteiger charge is -2.15. The first kappa shape index (κ1) is 12.6. The van der Waals surface area contributed by atoms with Crippen LogP contribution in [0, 0.1) is 0 Å². The largest absolute Gasteiger partial charge is 0.419 e. The first-order valence-corrected chi connectivity index (χ1v) is 4.83. The molecule has 0 saturated heterocycles. The second kappa shape index (κ2) is 4.59. The highest BCUT2D eigenvalue weighted by Crippen LogP contribution is 2.29. The lowest BCUT2D eigenvalue weighted by molar-refractivity contribution is -0.0865. The summed E-state index contributed by atoms with van der Waals surface area (Å²) in [6, 6.07) is 0. The molecule has 0 amide bonds. The highest BCUT2D eigenvalue weighted by atomic mass is 19.4. The van der Waals surface area contributed by atoms with Gasteiger partial charge in [-0.05, 0) is 25.3 Å². The van der Waals surface area contributed by atoms with Gasteiger partial charge in [0.1, 0.15) is 5.82 Å². The molecule has 1 aliphatic heterocycles. The molecule has 3 nitrogen and oxygen atoms in total. The van der Waals surface area contributed by atoms with E-state index in [1.807, 2.05) is 6.92 Å². The van der Waals surface area contributed by atoms with Crippen LogP contribution in [0.2, 0.25) is 0 Å². The quantitative estimate of drug-likeness (QED) is 0.728. The van der Waals surface area contributed by atoms with Crippen LogP contribution in [0.5, 0.6) is 0 Å². The second-order valence-corrected chi connectivity index (χ2v) is 3.57. The van der Waals surface area contributed by atoms with E-state index in [4.69, 9.17) is 5.73 Å². The molecule has 0 aromatic heterocycles. The van der Waals surface area contributed by atoms with Crippen LogP contribution in [0.1, 0.15) is 19.8 Å². The summed E-state index contributed by atoms with van der Waals surface area (Å²) in [7, 11) is 1.62. The van der Waals surface area contributed by atoms with Gasteiger partial charge in [-0.1, -0.05) is 0 Å². The van der Waals surface area contributed by atoms with Crippen molar-refractivity contribution >= 4 is 6.21 Å². The van der Waals surface area contributed by atoms with Gasteiger partial charge in [-0.3, -0.25) is 0 Å². The number of hydrogen-bond acceptors (Lipinski definition) is 3. The van der Waals surface area contributed by atoms with Crippen molar-refractivity contribution in [1.82, 2.24) is 5.32 Å². The highest BCUT2D eigenvalue weighted by Gasteiger charge is 2.35. The molecule has 0 bridgehead atoms. The van der Waals surface area contributed by atoms with Gasteiger partial charge in [-0.25, -0.2) is 4.99 Å². The Labute approximate surface area is 91.9 Å². The van der Waals surface area contributed by atoms with E-state index in [0.717, 1.165) is 11.8 Å². The van der Waals surface area contributed by atoms with E-state index < -0.39 is 11.7 Å². The van der Waals surface area contributed by atoms with Crippen LogP contribution in [-0.4, -0.2) is 19.4 Å². The Morgan fingerprint density at radius 2 is 2.00 bits per heavy atom. The van der Waals surface area contributed by atoms with Crippen LogP contribution in [0.25, 0.3) is 0 Å². The monoisotopic (exact) mass is 233 g/mol. The third-order valence-electron chi connectivity index (χ3n) is 2.38. The molecule has 0 aromatic rings. The normalized spacial score (nSPS) is 23.1. The van der Waals surface area contributed by atoms with Crippen LogP contribution in [0.4, 0.5) is 13.2 Å². The van der Waals surface area contributed by atoms with Crippen molar-refractivity contribution in [3.63, 3.8) is 0 Å². The van der Waals surface area contributed by atoms with Crippen LogP contribution < -0.4 is 11.1 Å². The smallest absolute Gasteiger partial charge is 0.401 e. The number of allylic oxidation sites excluding steroid dienone is 3. The molecule has 1 rings (SSSR count). The van der Waals surface area contributed by atoms with E-state index in [2.05, 4.69) is 10.3 Å². The Balaban J connectivity index is 3.13. The first-order chi connectivity index (χ1) is 7.36. The number of nitrogens with zero attached hydrogens (tertiary/aromatic N) is 1. The molecule has 0 saturated carbocycles. The fourth-order valence-corrected chi connectivity index (χ4v) is 1.43. The zero-order valence-electron chi connectivity index (χ0n) is 9.15. The molecule has 0 aliphatic carbocycles. The topological polar surface area (TPSA) is 50.4 Å². The minimum absolute atomic E-state index is 0.161. The second-order valence-electron chi connectivity index (χ2n) is 3.57. The van der Waals surface area contributed by atoms with Crippen molar-refractivity contribution in [2.24, 2.45) is 10.7 Å². The van der Waals surface area contributed by atoms with E-state index in [1.54, 1.807) is 7.05 Å². The van der Waals surface area contributed by atoms with Crippen molar-refractivity contribution in [3.05, 3.63) is 22.7 Å². The molecule has 90 valence electrons. The summed E-state index contributed by atoms with van der Waals surface area (Å²) in [4.78, 5) is 3.77. The summed E-state index contributed by atoms with van der Waals surface area (Å²) in [6.07, 6.45) is -3.00. The molecule has 0 fully saturated rings. The number of nitrogens with two attached hydrogens (primary N) is 1. The Morgan fingerprint density at radius 3 is 2.50 bits per heavy atom. The predicted molar refractivity (Wildman–Crippen MR) is 56.8 cm³/mol.